The fourth-order valence-electron chi connectivity index (χ4n) is 3.95. The molecule has 3 aromatic rings. The SMILES string of the molecule is OC(COc1cccc(CNCc2ccccc2)c1)CN1CCc2ccccc2C1. The molecule has 30 heavy (non-hydrogen) atoms. The molecule has 0 bridgehead atoms. The molecule has 2 N–H and O–H groups in total. The third-order valence-electron chi connectivity index (χ3n) is 5.52. The van der Waals surface area contributed by atoms with Crippen LogP contribution in [0.5, 0.6) is 5.75 Å². The summed E-state index contributed by atoms with van der Waals surface area (Å²) in [5.41, 5.74) is 5.24. The lowest BCUT2D eigenvalue weighted by Crippen LogP contribution is -2.38. The highest BCUT2D eigenvalue weighted by molar-refractivity contribution is 5.30. The van der Waals surface area contributed by atoms with Gasteiger partial charge in [-0.05, 0) is 40.8 Å². The lowest BCUT2D eigenvalue weighted by molar-refractivity contribution is 0.0637. The van der Waals surface area contributed by atoms with Gasteiger partial charge in [0.15, 0.2) is 0 Å². The van der Waals surface area contributed by atoms with Crippen molar-refractivity contribution >= 4 is 0 Å². The first-order chi connectivity index (χ1) is 14.8. The average Bonchev–Trinajstić information content (AvgIpc) is 2.79. The van der Waals surface area contributed by atoms with Crippen molar-refractivity contribution in [2.24, 2.45) is 0 Å². The Labute approximate surface area is 179 Å². The first kappa shape index (κ1) is 20.6. The minimum atomic E-state index is -0.505. The van der Waals surface area contributed by atoms with Crippen molar-refractivity contribution in [3.8, 4) is 5.75 Å². The third-order valence-corrected chi connectivity index (χ3v) is 5.52. The number of β-amino-alcohol motifs (C(OH)–C–C–N with tert-alkyl or cyclic N) is 1. The molecule has 4 rings (SSSR count). The number of nitrogens with one attached hydrogen (secondary N) is 1. The second-order valence-electron chi connectivity index (χ2n) is 7.96. The Morgan fingerprint density at radius 3 is 2.47 bits per heavy atom. The molecule has 1 atom stereocenters. The van der Waals surface area contributed by atoms with Gasteiger partial charge in [0.25, 0.3) is 0 Å². The smallest absolute Gasteiger partial charge is 0.119 e. The van der Waals surface area contributed by atoms with E-state index in [0.29, 0.717) is 13.2 Å². The van der Waals surface area contributed by atoms with Crippen molar-refractivity contribution in [3.63, 3.8) is 0 Å². The quantitative estimate of drug-likeness (QED) is 0.572. The Morgan fingerprint density at radius 1 is 0.867 bits per heavy atom. The van der Waals surface area contributed by atoms with Gasteiger partial charge in [0.1, 0.15) is 18.5 Å². The average molecular weight is 403 g/mol. The van der Waals surface area contributed by atoms with Crippen LogP contribution in [0.3, 0.4) is 0 Å². The number of benzene rings is 3. The summed E-state index contributed by atoms with van der Waals surface area (Å²) in [6.45, 7) is 4.43. The van der Waals surface area contributed by atoms with Crippen LogP contribution in [0, 0.1) is 0 Å². The highest BCUT2D eigenvalue weighted by Crippen LogP contribution is 2.19. The number of nitrogens with zero attached hydrogens (tertiary/aromatic N) is 1. The molecule has 0 aliphatic carbocycles. The minimum absolute atomic E-state index is 0.305. The van der Waals surface area contributed by atoms with E-state index in [4.69, 9.17) is 4.74 Å². The number of hydrogen-bond acceptors (Lipinski definition) is 4. The Kier molecular flexibility index (Phi) is 7.14. The van der Waals surface area contributed by atoms with E-state index in [1.807, 2.05) is 24.3 Å². The van der Waals surface area contributed by atoms with Crippen LogP contribution in [0.25, 0.3) is 0 Å². The van der Waals surface area contributed by atoms with Gasteiger partial charge in [0, 0.05) is 32.7 Å². The van der Waals surface area contributed by atoms with Gasteiger partial charge in [0.2, 0.25) is 0 Å². The molecule has 4 nitrogen and oxygen atoms in total. The number of ether oxygens (including phenoxy) is 1. The molecule has 156 valence electrons. The third kappa shape index (κ3) is 5.92. The van der Waals surface area contributed by atoms with Gasteiger partial charge >= 0.3 is 0 Å². The largest absolute Gasteiger partial charge is 0.491 e. The Hall–Kier alpha value is -2.66. The predicted octanol–water partition coefficient (Wildman–Crippen LogP) is 3.77. The van der Waals surface area contributed by atoms with Crippen LogP contribution in [-0.2, 0) is 26.1 Å². The summed E-state index contributed by atoms with van der Waals surface area (Å²) in [4.78, 5) is 2.31. The normalized spacial score (nSPS) is 14.8. The molecule has 4 heteroatoms. The van der Waals surface area contributed by atoms with Gasteiger partial charge in [0.05, 0.1) is 0 Å². The van der Waals surface area contributed by atoms with Crippen LogP contribution in [0.4, 0.5) is 0 Å². The maximum Gasteiger partial charge on any atom is 0.119 e. The van der Waals surface area contributed by atoms with E-state index < -0.39 is 6.10 Å². The van der Waals surface area contributed by atoms with Crippen molar-refractivity contribution in [1.82, 2.24) is 10.2 Å². The first-order valence-electron chi connectivity index (χ1n) is 10.7. The van der Waals surface area contributed by atoms with Crippen LogP contribution in [-0.4, -0.2) is 35.8 Å². The highest BCUT2D eigenvalue weighted by Gasteiger charge is 2.18. The fraction of sp³-hybridized carbons (Fsp3) is 0.308. The summed E-state index contributed by atoms with van der Waals surface area (Å²) in [6.07, 6.45) is 0.539. The molecule has 0 radical (unpaired) electrons. The summed E-state index contributed by atoms with van der Waals surface area (Å²) < 4.78 is 5.88. The van der Waals surface area contributed by atoms with E-state index in [9.17, 15) is 5.11 Å². The zero-order valence-corrected chi connectivity index (χ0v) is 17.3. The summed E-state index contributed by atoms with van der Waals surface area (Å²) in [5, 5.41) is 13.9. The zero-order valence-electron chi connectivity index (χ0n) is 17.3. The molecule has 1 unspecified atom stereocenters. The van der Waals surface area contributed by atoms with Gasteiger partial charge in [-0.15, -0.1) is 0 Å². The zero-order chi connectivity index (χ0) is 20.6. The van der Waals surface area contributed by atoms with Gasteiger partial charge < -0.3 is 15.2 Å². The van der Waals surface area contributed by atoms with Crippen LogP contribution in [0.2, 0.25) is 0 Å². The number of aliphatic hydroxyl groups excluding tert-OH is 1. The molecule has 0 aromatic heterocycles. The Balaban J connectivity index is 1.21. The van der Waals surface area contributed by atoms with E-state index in [1.54, 1.807) is 0 Å². The lowest BCUT2D eigenvalue weighted by Gasteiger charge is -2.30. The van der Waals surface area contributed by atoms with E-state index in [2.05, 4.69) is 64.8 Å². The standard InChI is InChI=1S/C26H30N2O2/c29-25(19-28-14-13-23-10-4-5-11-24(23)18-28)20-30-26-12-6-9-22(15-26)17-27-16-21-7-2-1-3-8-21/h1-12,15,25,27,29H,13-14,16-20H2. The van der Waals surface area contributed by atoms with E-state index >= 15 is 0 Å². The Morgan fingerprint density at radius 2 is 1.60 bits per heavy atom. The number of fused-ring (bicyclic) bond motifs is 1. The van der Waals surface area contributed by atoms with Gasteiger partial charge in [-0.2, -0.15) is 0 Å². The second-order valence-corrected chi connectivity index (χ2v) is 7.96. The molecule has 3 aromatic carbocycles. The maximum atomic E-state index is 10.5. The predicted molar refractivity (Wildman–Crippen MR) is 120 cm³/mol. The summed E-state index contributed by atoms with van der Waals surface area (Å²) >= 11 is 0. The Bertz CT molecular complexity index is 929. The van der Waals surface area contributed by atoms with Crippen molar-refractivity contribution < 1.29 is 9.84 Å². The summed E-state index contributed by atoms with van der Waals surface area (Å²) in [7, 11) is 0. The fourth-order valence-corrected chi connectivity index (χ4v) is 3.95. The van der Waals surface area contributed by atoms with Crippen molar-refractivity contribution in [2.45, 2.75) is 32.2 Å². The lowest BCUT2D eigenvalue weighted by atomic mass is 10.00. The second kappa shape index (κ2) is 10.4. The molecular formula is C26H30N2O2. The number of rotatable bonds is 9. The molecule has 0 amide bonds. The monoisotopic (exact) mass is 402 g/mol. The molecule has 0 saturated heterocycles. The minimum Gasteiger partial charge on any atom is -0.491 e. The molecule has 1 aliphatic rings. The molecule has 1 aliphatic heterocycles. The molecule has 0 fully saturated rings. The van der Waals surface area contributed by atoms with Gasteiger partial charge in [-0.1, -0.05) is 66.7 Å². The maximum absolute atomic E-state index is 10.5. The van der Waals surface area contributed by atoms with Crippen molar-refractivity contribution in [1.29, 1.82) is 0 Å². The highest BCUT2D eigenvalue weighted by atomic mass is 16.5. The van der Waals surface area contributed by atoms with Crippen LogP contribution in [0.15, 0.2) is 78.9 Å². The summed E-state index contributed by atoms with van der Waals surface area (Å²) in [5.74, 6) is 0.803. The molecule has 1 heterocycles. The number of hydrogen-bond donors (Lipinski definition) is 2. The topological polar surface area (TPSA) is 44.7 Å². The van der Waals surface area contributed by atoms with E-state index in [1.165, 1.54) is 22.3 Å². The van der Waals surface area contributed by atoms with Crippen molar-refractivity contribution in [2.75, 3.05) is 19.7 Å². The van der Waals surface area contributed by atoms with Crippen LogP contribution >= 0.6 is 0 Å². The van der Waals surface area contributed by atoms with Gasteiger partial charge in [-0.25, -0.2) is 0 Å². The molecular weight excluding hydrogens is 372 g/mol. The first-order valence-corrected chi connectivity index (χ1v) is 10.7. The number of aliphatic hydroxyl groups is 1. The van der Waals surface area contributed by atoms with Crippen molar-refractivity contribution in [3.05, 3.63) is 101 Å². The van der Waals surface area contributed by atoms with Crippen LogP contribution in [0.1, 0.15) is 22.3 Å². The summed E-state index contributed by atoms with van der Waals surface area (Å²) in [6, 6.07) is 27.0. The van der Waals surface area contributed by atoms with Crippen LogP contribution < -0.4 is 10.1 Å². The van der Waals surface area contributed by atoms with E-state index in [0.717, 1.165) is 38.3 Å². The molecule has 0 spiro atoms. The molecule has 0 saturated carbocycles. The van der Waals surface area contributed by atoms with E-state index in [-0.39, 0.29) is 0 Å². The van der Waals surface area contributed by atoms with Gasteiger partial charge in [-0.3, -0.25) is 4.90 Å².